The highest BCUT2D eigenvalue weighted by Gasteiger charge is 2.42. The summed E-state index contributed by atoms with van der Waals surface area (Å²) in [6.07, 6.45) is 10.1. The SMILES string of the molecule is CC(=O)N1CCCc2cc(S(=O)(=O)N3CCC4(CCCCCC4)C3)ccc21. The molecule has 1 saturated carbocycles. The van der Waals surface area contributed by atoms with E-state index < -0.39 is 10.0 Å². The smallest absolute Gasteiger partial charge is 0.243 e. The molecule has 0 N–H and O–H groups in total. The number of fused-ring (bicyclic) bond motifs is 1. The van der Waals surface area contributed by atoms with Gasteiger partial charge in [-0.1, -0.05) is 25.7 Å². The first-order valence-corrected chi connectivity index (χ1v) is 11.8. The third-order valence-corrected chi connectivity index (χ3v) is 8.60. The van der Waals surface area contributed by atoms with Crippen LogP contribution in [0.2, 0.25) is 0 Å². The van der Waals surface area contributed by atoms with E-state index in [-0.39, 0.29) is 11.3 Å². The van der Waals surface area contributed by atoms with Crippen molar-refractivity contribution in [2.75, 3.05) is 24.5 Å². The van der Waals surface area contributed by atoms with Gasteiger partial charge in [0.1, 0.15) is 0 Å². The average molecular weight is 391 g/mol. The van der Waals surface area contributed by atoms with Crippen molar-refractivity contribution >= 4 is 21.6 Å². The van der Waals surface area contributed by atoms with Crippen molar-refractivity contribution in [3.8, 4) is 0 Å². The predicted molar refractivity (Wildman–Crippen MR) is 106 cm³/mol. The van der Waals surface area contributed by atoms with E-state index in [0.717, 1.165) is 43.4 Å². The van der Waals surface area contributed by atoms with Crippen molar-refractivity contribution in [2.24, 2.45) is 5.41 Å². The number of sulfonamides is 1. The third-order valence-electron chi connectivity index (χ3n) is 6.75. The van der Waals surface area contributed by atoms with Gasteiger partial charge in [-0.15, -0.1) is 0 Å². The molecule has 148 valence electrons. The Hall–Kier alpha value is -1.40. The molecule has 0 atom stereocenters. The predicted octanol–water partition coefficient (Wildman–Crippen LogP) is 3.72. The van der Waals surface area contributed by atoms with Crippen LogP contribution in [-0.4, -0.2) is 38.3 Å². The van der Waals surface area contributed by atoms with Crippen LogP contribution in [0.1, 0.15) is 63.9 Å². The fraction of sp³-hybridized carbons (Fsp3) is 0.667. The van der Waals surface area contributed by atoms with Gasteiger partial charge in [-0.3, -0.25) is 4.79 Å². The molecule has 0 unspecified atom stereocenters. The summed E-state index contributed by atoms with van der Waals surface area (Å²) in [5.74, 6) is 0.0152. The first-order chi connectivity index (χ1) is 12.9. The van der Waals surface area contributed by atoms with Crippen LogP contribution in [-0.2, 0) is 21.2 Å². The van der Waals surface area contributed by atoms with Crippen LogP contribution in [0.25, 0.3) is 0 Å². The molecular formula is C21H30N2O3S. The number of aryl methyl sites for hydroxylation is 1. The summed E-state index contributed by atoms with van der Waals surface area (Å²) in [4.78, 5) is 14.0. The van der Waals surface area contributed by atoms with E-state index in [2.05, 4.69) is 0 Å². The van der Waals surface area contributed by atoms with Gasteiger partial charge in [0.15, 0.2) is 0 Å². The van der Waals surface area contributed by atoms with Crippen molar-refractivity contribution in [1.82, 2.24) is 4.31 Å². The van der Waals surface area contributed by atoms with E-state index in [4.69, 9.17) is 0 Å². The molecule has 1 amide bonds. The third kappa shape index (κ3) is 3.54. The Morgan fingerprint density at radius 1 is 1.00 bits per heavy atom. The van der Waals surface area contributed by atoms with E-state index in [1.54, 1.807) is 28.3 Å². The van der Waals surface area contributed by atoms with E-state index in [1.165, 1.54) is 25.7 Å². The highest BCUT2D eigenvalue weighted by molar-refractivity contribution is 7.89. The van der Waals surface area contributed by atoms with Crippen molar-refractivity contribution in [2.45, 2.75) is 69.6 Å². The van der Waals surface area contributed by atoms with Crippen molar-refractivity contribution in [1.29, 1.82) is 0 Å². The van der Waals surface area contributed by atoms with E-state index in [1.807, 2.05) is 6.07 Å². The number of rotatable bonds is 2. The number of carbonyl (C=O) groups is 1. The van der Waals surface area contributed by atoms with Gasteiger partial charge in [-0.05, 0) is 61.3 Å². The molecule has 0 radical (unpaired) electrons. The number of amides is 1. The maximum atomic E-state index is 13.3. The summed E-state index contributed by atoms with van der Waals surface area (Å²) in [5, 5.41) is 0. The molecule has 0 aromatic heterocycles. The lowest BCUT2D eigenvalue weighted by Gasteiger charge is -2.30. The summed E-state index contributed by atoms with van der Waals surface area (Å²) >= 11 is 0. The number of nitrogens with zero attached hydrogens (tertiary/aromatic N) is 2. The summed E-state index contributed by atoms with van der Waals surface area (Å²) in [6.45, 7) is 3.59. The highest BCUT2D eigenvalue weighted by Crippen LogP contribution is 2.44. The van der Waals surface area contributed by atoms with Gasteiger partial charge < -0.3 is 4.90 Å². The second-order valence-electron chi connectivity index (χ2n) is 8.57. The molecule has 27 heavy (non-hydrogen) atoms. The Balaban J connectivity index is 1.59. The van der Waals surface area contributed by atoms with Crippen LogP contribution < -0.4 is 4.90 Å². The average Bonchev–Trinajstić information content (AvgIpc) is 2.94. The molecule has 5 nitrogen and oxygen atoms in total. The summed E-state index contributed by atoms with van der Waals surface area (Å²) in [6, 6.07) is 5.31. The van der Waals surface area contributed by atoms with Crippen molar-refractivity contribution < 1.29 is 13.2 Å². The van der Waals surface area contributed by atoms with Crippen LogP contribution in [0.15, 0.2) is 23.1 Å². The lowest BCUT2D eigenvalue weighted by atomic mass is 9.80. The fourth-order valence-corrected chi connectivity index (χ4v) is 6.80. The van der Waals surface area contributed by atoms with Crippen LogP contribution >= 0.6 is 0 Å². The van der Waals surface area contributed by atoms with Crippen LogP contribution in [0.4, 0.5) is 5.69 Å². The summed E-state index contributed by atoms with van der Waals surface area (Å²) in [5.41, 5.74) is 2.04. The summed E-state index contributed by atoms with van der Waals surface area (Å²) in [7, 11) is -3.47. The minimum atomic E-state index is -3.47. The quantitative estimate of drug-likeness (QED) is 0.773. The van der Waals surface area contributed by atoms with E-state index in [9.17, 15) is 13.2 Å². The Kier molecular flexibility index (Phi) is 5.06. The molecular weight excluding hydrogens is 360 g/mol. The highest BCUT2D eigenvalue weighted by atomic mass is 32.2. The lowest BCUT2D eigenvalue weighted by molar-refractivity contribution is -0.116. The normalized spacial score (nSPS) is 23.2. The monoisotopic (exact) mass is 390 g/mol. The summed E-state index contributed by atoms with van der Waals surface area (Å²) < 4.78 is 28.3. The Morgan fingerprint density at radius 3 is 2.44 bits per heavy atom. The van der Waals surface area contributed by atoms with E-state index in [0.29, 0.717) is 24.5 Å². The van der Waals surface area contributed by atoms with Crippen molar-refractivity contribution in [3.05, 3.63) is 23.8 Å². The molecule has 0 bridgehead atoms. The minimum Gasteiger partial charge on any atom is -0.312 e. The van der Waals surface area contributed by atoms with Crippen LogP contribution in [0.3, 0.4) is 0 Å². The van der Waals surface area contributed by atoms with E-state index >= 15 is 0 Å². The minimum absolute atomic E-state index is 0.0152. The van der Waals surface area contributed by atoms with Gasteiger partial charge in [0.25, 0.3) is 0 Å². The van der Waals surface area contributed by atoms with Gasteiger partial charge in [-0.2, -0.15) is 4.31 Å². The first-order valence-electron chi connectivity index (χ1n) is 10.3. The molecule has 1 aromatic carbocycles. The zero-order chi connectivity index (χ0) is 19.1. The molecule has 6 heteroatoms. The van der Waals surface area contributed by atoms with Gasteiger partial charge in [-0.25, -0.2) is 8.42 Å². The largest absolute Gasteiger partial charge is 0.312 e. The van der Waals surface area contributed by atoms with Gasteiger partial charge >= 0.3 is 0 Å². The number of hydrogen-bond acceptors (Lipinski definition) is 3. The first kappa shape index (κ1) is 18.9. The topological polar surface area (TPSA) is 57.7 Å². The number of benzene rings is 1. The number of anilines is 1. The van der Waals surface area contributed by atoms with Crippen LogP contribution in [0, 0.1) is 5.41 Å². The van der Waals surface area contributed by atoms with Gasteiger partial charge in [0.2, 0.25) is 15.9 Å². The molecule has 2 fully saturated rings. The zero-order valence-electron chi connectivity index (χ0n) is 16.2. The molecule has 2 heterocycles. The Morgan fingerprint density at radius 2 is 1.74 bits per heavy atom. The molecule has 1 aromatic rings. The van der Waals surface area contributed by atoms with Gasteiger partial charge in [0.05, 0.1) is 4.90 Å². The Labute approximate surface area is 162 Å². The Bertz CT molecular complexity index is 826. The molecule has 1 spiro atoms. The second kappa shape index (κ2) is 7.21. The number of carbonyl (C=O) groups excluding carboxylic acids is 1. The zero-order valence-corrected chi connectivity index (χ0v) is 17.1. The molecule has 1 saturated heterocycles. The molecule has 3 aliphatic rings. The van der Waals surface area contributed by atoms with Gasteiger partial charge in [0, 0.05) is 32.2 Å². The lowest BCUT2D eigenvalue weighted by Crippen LogP contribution is -2.34. The maximum absolute atomic E-state index is 13.3. The van der Waals surface area contributed by atoms with Crippen molar-refractivity contribution in [3.63, 3.8) is 0 Å². The number of hydrogen-bond donors (Lipinski definition) is 0. The van der Waals surface area contributed by atoms with Crippen LogP contribution in [0.5, 0.6) is 0 Å². The maximum Gasteiger partial charge on any atom is 0.243 e. The molecule has 4 rings (SSSR count). The fourth-order valence-electron chi connectivity index (χ4n) is 5.20. The second-order valence-corrected chi connectivity index (χ2v) is 10.5. The molecule has 1 aliphatic carbocycles. The standard InChI is InChI=1S/C21H30N2O3S/c1-17(24)23-13-6-7-18-15-19(8-9-20(18)23)27(25,26)22-14-12-21(16-22)10-4-2-3-5-11-21/h8-9,15H,2-7,10-14,16H2,1H3. The molecule has 2 aliphatic heterocycles.